The third kappa shape index (κ3) is 4.66. The minimum absolute atomic E-state index is 0.112. The Morgan fingerprint density at radius 2 is 1.82 bits per heavy atom. The summed E-state index contributed by atoms with van der Waals surface area (Å²) in [5, 5.41) is 5.44. The number of carbonyl (C=O) groups is 4. The van der Waals surface area contributed by atoms with Gasteiger partial charge in [0.2, 0.25) is 17.7 Å². The SMILES string of the molecule is COc1ccc2c(c1)C1(CCN(CCCCCc3cccc4c3CN(C3CCC(=O)NC3=O)C4=O)CC1)C(=O)N2. The lowest BCUT2D eigenvalue weighted by molar-refractivity contribution is -0.137. The Hall–Kier alpha value is -3.72. The zero-order valence-electron chi connectivity index (χ0n) is 23.0. The molecule has 4 amide bonds. The molecule has 6 rings (SSSR count). The topological polar surface area (TPSA) is 108 Å². The number of methoxy groups -OCH3 is 1. The van der Waals surface area contributed by atoms with Crippen LogP contribution in [-0.2, 0) is 32.8 Å². The summed E-state index contributed by atoms with van der Waals surface area (Å²) in [6.07, 6.45) is 6.34. The number of benzene rings is 2. The molecule has 4 aliphatic heterocycles. The van der Waals surface area contributed by atoms with Crippen LogP contribution >= 0.6 is 0 Å². The monoisotopic (exact) mass is 544 g/mol. The highest BCUT2D eigenvalue weighted by molar-refractivity contribution is 6.07. The minimum atomic E-state index is -0.583. The lowest BCUT2D eigenvalue weighted by Crippen LogP contribution is -2.52. The number of hydrogen-bond donors (Lipinski definition) is 2. The lowest BCUT2D eigenvalue weighted by Gasteiger charge is -2.38. The molecule has 2 aromatic carbocycles. The molecule has 0 bridgehead atoms. The van der Waals surface area contributed by atoms with E-state index >= 15 is 0 Å². The van der Waals surface area contributed by atoms with E-state index in [1.54, 1.807) is 12.0 Å². The number of imide groups is 1. The fourth-order valence-corrected chi connectivity index (χ4v) is 6.89. The van der Waals surface area contributed by atoms with Crippen molar-refractivity contribution in [1.82, 2.24) is 15.1 Å². The molecule has 1 spiro atoms. The molecule has 2 N–H and O–H groups in total. The van der Waals surface area contributed by atoms with Gasteiger partial charge in [-0.15, -0.1) is 0 Å². The number of unbranched alkanes of at least 4 members (excludes halogenated alkanes) is 2. The number of anilines is 1. The quantitative estimate of drug-likeness (QED) is 0.391. The third-order valence-corrected chi connectivity index (χ3v) is 9.23. The number of nitrogens with one attached hydrogen (secondary N) is 2. The number of amides is 4. The van der Waals surface area contributed by atoms with E-state index < -0.39 is 11.5 Å². The van der Waals surface area contributed by atoms with E-state index in [-0.39, 0.29) is 30.0 Å². The highest BCUT2D eigenvalue weighted by atomic mass is 16.5. The van der Waals surface area contributed by atoms with Crippen LogP contribution in [0.4, 0.5) is 5.69 Å². The number of piperidine rings is 2. The molecule has 2 fully saturated rings. The molecule has 4 heterocycles. The van der Waals surface area contributed by atoms with Crippen molar-refractivity contribution >= 4 is 29.3 Å². The van der Waals surface area contributed by atoms with Crippen LogP contribution in [0.3, 0.4) is 0 Å². The first-order valence-electron chi connectivity index (χ1n) is 14.4. The largest absolute Gasteiger partial charge is 0.497 e. The molecule has 4 aliphatic rings. The van der Waals surface area contributed by atoms with E-state index in [9.17, 15) is 19.2 Å². The number of rotatable bonds is 8. The molecule has 40 heavy (non-hydrogen) atoms. The summed E-state index contributed by atoms with van der Waals surface area (Å²) in [6, 6.07) is 11.1. The molecular formula is C31H36N4O5. The average Bonchev–Trinajstić information content (AvgIpc) is 3.43. The number of nitrogens with zero attached hydrogens (tertiary/aromatic N) is 2. The van der Waals surface area contributed by atoms with Crippen LogP contribution in [0.25, 0.3) is 0 Å². The molecule has 0 saturated carbocycles. The van der Waals surface area contributed by atoms with Crippen LogP contribution in [0.1, 0.15) is 72.0 Å². The lowest BCUT2D eigenvalue weighted by atomic mass is 9.73. The zero-order valence-corrected chi connectivity index (χ0v) is 23.0. The second kappa shape index (κ2) is 10.7. The van der Waals surface area contributed by atoms with Crippen molar-refractivity contribution < 1.29 is 23.9 Å². The van der Waals surface area contributed by atoms with Crippen molar-refractivity contribution in [2.75, 3.05) is 32.1 Å². The number of fused-ring (bicyclic) bond motifs is 3. The highest BCUT2D eigenvalue weighted by Gasteiger charge is 2.48. The van der Waals surface area contributed by atoms with Gasteiger partial charge in [-0.3, -0.25) is 24.5 Å². The molecule has 9 heteroatoms. The van der Waals surface area contributed by atoms with Crippen molar-refractivity contribution in [1.29, 1.82) is 0 Å². The average molecular weight is 545 g/mol. The first kappa shape index (κ1) is 26.5. The van der Waals surface area contributed by atoms with E-state index in [0.717, 1.165) is 80.7 Å². The van der Waals surface area contributed by atoms with E-state index in [1.807, 2.05) is 30.3 Å². The molecule has 0 radical (unpaired) electrons. The van der Waals surface area contributed by atoms with Crippen LogP contribution in [0.2, 0.25) is 0 Å². The van der Waals surface area contributed by atoms with Gasteiger partial charge in [-0.25, -0.2) is 0 Å². The fourth-order valence-electron chi connectivity index (χ4n) is 6.89. The fraction of sp³-hybridized carbons (Fsp3) is 0.484. The predicted molar refractivity (Wildman–Crippen MR) is 149 cm³/mol. The van der Waals surface area contributed by atoms with E-state index in [4.69, 9.17) is 4.74 Å². The summed E-state index contributed by atoms with van der Waals surface area (Å²) in [5.41, 5.74) is 4.40. The van der Waals surface area contributed by atoms with Crippen molar-refractivity contribution in [2.24, 2.45) is 0 Å². The summed E-state index contributed by atoms with van der Waals surface area (Å²) in [5.74, 6) is 0.131. The molecule has 210 valence electrons. The van der Waals surface area contributed by atoms with Gasteiger partial charge in [0.15, 0.2) is 0 Å². The van der Waals surface area contributed by atoms with Gasteiger partial charge in [0, 0.05) is 24.2 Å². The van der Waals surface area contributed by atoms with E-state index in [0.29, 0.717) is 18.5 Å². The standard InChI is InChI=1S/C31H36N4O5/c1-40-21-9-10-25-24(18-21)31(30(39)32-25)13-16-34(17-14-31)15-4-2-3-6-20-7-5-8-22-23(20)19-35(29(22)38)26-11-12-27(36)33-28(26)37/h5,7-10,18,26H,2-4,6,11-17,19H2,1H3,(H,32,39)(H,33,36,37). The summed E-state index contributed by atoms with van der Waals surface area (Å²) < 4.78 is 5.41. The van der Waals surface area contributed by atoms with Crippen molar-refractivity contribution in [3.63, 3.8) is 0 Å². The van der Waals surface area contributed by atoms with Crippen LogP contribution in [0.15, 0.2) is 36.4 Å². The van der Waals surface area contributed by atoms with E-state index in [1.165, 1.54) is 5.56 Å². The number of hydrogen-bond acceptors (Lipinski definition) is 6. The normalized spacial score (nSPS) is 21.8. The Balaban J connectivity index is 0.986. The van der Waals surface area contributed by atoms with Gasteiger partial charge < -0.3 is 19.9 Å². The van der Waals surface area contributed by atoms with Gasteiger partial charge in [-0.05, 0) is 99.1 Å². The van der Waals surface area contributed by atoms with Gasteiger partial charge in [-0.2, -0.15) is 0 Å². The molecule has 9 nitrogen and oxygen atoms in total. The van der Waals surface area contributed by atoms with E-state index in [2.05, 4.69) is 21.6 Å². The molecule has 0 aromatic heterocycles. The smallest absolute Gasteiger partial charge is 0.255 e. The Morgan fingerprint density at radius 1 is 1.00 bits per heavy atom. The van der Waals surface area contributed by atoms with Gasteiger partial charge >= 0.3 is 0 Å². The first-order chi connectivity index (χ1) is 19.4. The minimum Gasteiger partial charge on any atom is -0.497 e. The van der Waals surface area contributed by atoms with Crippen molar-refractivity contribution in [3.8, 4) is 5.75 Å². The first-order valence-corrected chi connectivity index (χ1v) is 14.4. The highest BCUT2D eigenvalue weighted by Crippen LogP contribution is 2.46. The van der Waals surface area contributed by atoms with Crippen LogP contribution in [-0.4, -0.2) is 66.2 Å². The Morgan fingerprint density at radius 3 is 2.60 bits per heavy atom. The Kier molecular flexibility index (Phi) is 7.08. The Bertz CT molecular complexity index is 1360. The van der Waals surface area contributed by atoms with Crippen molar-refractivity contribution in [3.05, 3.63) is 58.7 Å². The van der Waals surface area contributed by atoms with Crippen LogP contribution < -0.4 is 15.4 Å². The van der Waals surface area contributed by atoms with Crippen LogP contribution in [0.5, 0.6) is 5.75 Å². The number of likely N-dealkylation sites (tertiary alicyclic amines) is 1. The molecular weight excluding hydrogens is 508 g/mol. The summed E-state index contributed by atoms with van der Waals surface area (Å²) in [4.78, 5) is 54.0. The Labute approximate surface area is 234 Å². The van der Waals surface area contributed by atoms with Crippen LogP contribution in [0, 0.1) is 0 Å². The number of ether oxygens (including phenoxy) is 1. The summed E-state index contributed by atoms with van der Waals surface area (Å²) in [6.45, 7) is 3.23. The van der Waals surface area contributed by atoms with Gasteiger partial charge in [0.25, 0.3) is 5.91 Å². The maximum Gasteiger partial charge on any atom is 0.255 e. The summed E-state index contributed by atoms with van der Waals surface area (Å²) in [7, 11) is 1.65. The third-order valence-electron chi connectivity index (χ3n) is 9.23. The second-order valence-electron chi connectivity index (χ2n) is 11.4. The number of aryl methyl sites for hydroxylation is 1. The van der Waals surface area contributed by atoms with Gasteiger partial charge in [-0.1, -0.05) is 18.6 Å². The van der Waals surface area contributed by atoms with Gasteiger partial charge in [0.05, 0.1) is 12.5 Å². The van der Waals surface area contributed by atoms with Gasteiger partial charge in [0.1, 0.15) is 11.8 Å². The second-order valence-corrected chi connectivity index (χ2v) is 11.4. The molecule has 1 unspecified atom stereocenters. The zero-order chi connectivity index (χ0) is 27.9. The summed E-state index contributed by atoms with van der Waals surface area (Å²) >= 11 is 0. The van der Waals surface area contributed by atoms with Crippen molar-refractivity contribution in [2.45, 2.75) is 69.4 Å². The predicted octanol–water partition coefficient (Wildman–Crippen LogP) is 3.15. The molecule has 2 saturated heterocycles. The maximum absolute atomic E-state index is 13.1. The number of carbonyl (C=O) groups excluding carboxylic acids is 4. The maximum atomic E-state index is 13.1. The molecule has 2 aromatic rings. The molecule has 1 atom stereocenters. The molecule has 0 aliphatic carbocycles.